The Morgan fingerprint density at radius 2 is 2.33 bits per heavy atom. The van der Waals surface area contributed by atoms with Crippen molar-refractivity contribution >= 4 is 5.97 Å². The fourth-order valence-corrected chi connectivity index (χ4v) is 2.73. The van der Waals surface area contributed by atoms with E-state index in [2.05, 4.69) is 4.90 Å². The molecular formula is C11H19NO3. The molecule has 1 unspecified atom stereocenters. The van der Waals surface area contributed by atoms with E-state index < -0.39 is 0 Å². The van der Waals surface area contributed by atoms with Crippen LogP contribution in [0, 0.1) is 5.92 Å². The Bertz CT molecular complexity index is 248. The number of ether oxygens (including phenoxy) is 2. The highest BCUT2D eigenvalue weighted by Crippen LogP contribution is 2.39. The Morgan fingerprint density at radius 1 is 1.53 bits per heavy atom. The second-order valence-electron chi connectivity index (χ2n) is 4.56. The van der Waals surface area contributed by atoms with Crippen LogP contribution in [0.25, 0.3) is 0 Å². The number of hydrogen-bond acceptors (Lipinski definition) is 4. The van der Waals surface area contributed by atoms with E-state index in [1.165, 1.54) is 13.5 Å². The molecule has 1 spiro atoms. The normalized spacial score (nSPS) is 37.1. The van der Waals surface area contributed by atoms with Gasteiger partial charge in [0.05, 0.1) is 13.0 Å². The van der Waals surface area contributed by atoms with Crippen molar-refractivity contribution in [2.75, 3.05) is 27.3 Å². The van der Waals surface area contributed by atoms with Gasteiger partial charge < -0.3 is 9.47 Å². The molecule has 0 saturated carbocycles. The van der Waals surface area contributed by atoms with Crippen molar-refractivity contribution in [1.29, 1.82) is 0 Å². The van der Waals surface area contributed by atoms with Gasteiger partial charge in [-0.3, -0.25) is 9.69 Å². The first kappa shape index (κ1) is 10.9. The molecule has 0 amide bonds. The van der Waals surface area contributed by atoms with E-state index in [0.29, 0.717) is 0 Å². The van der Waals surface area contributed by atoms with Crippen molar-refractivity contribution in [2.24, 2.45) is 5.92 Å². The van der Waals surface area contributed by atoms with Gasteiger partial charge in [-0.25, -0.2) is 0 Å². The zero-order valence-corrected chi connectivity index (χ0v) is 9.49. The topological polar surface area (TPSA) is 38.8 Å². The fraction of sp³-hybridized carbons (Fsp3) is 0.909. The van der Waals surface area contributed by atoms with Crippen LogP contribution in [0.2, 0.25) is 0 Å². The Morgan fingerprint density at radius 3 is 2.93 bits per heavy atom. The molecule has 2 atom stereocenters. The highest BCUT2D eigenvalue weighted by atomic mass is 16.5. The lowest BCUT2D eigenvalue weighted by atomic mass is 9.96. The maximum atomic E-state index is 11.5. The largest absolute Gasteiger partial charge is 0.469 e. The minimum absolute atomic E-state index is 0.0156. The van der Waals surface area contributed by atoms with Gasteiger partial charge in [0.15, 0.2) is 0 Å². The van der Waals surface area contributed by atoms with Gasteiger partial charge in [-0.2, -0.15) is 0 Å². The molecule has 4 nitrogen and oxygen atoms in total. The molecule has 0 aromatic carbocycles. The van der Waals surface area contributed by atoms with E-state index in [0.717, 1.165) is 32.4 Å². The molecule has 0 radical (unpaired) electrons. The van der Waals surface area contributed by atoms with Gasteiger partial charge in [0.2, 0.25) is 0 Å². The highest BCUT2D eigenvalue weighted by molar-refractivity contribution is 5.73. The van der Waals surface area contributed by atoms with Gasteiger partial charge in [-0.15, -0.1) is 0 Å². The second-order valence-corrected chi connectivity index (χ2v) is 4.56. The van der Waals surface area contributed by atoms with Crippen LogP contribution in [0.3, 0.4) is 0 Å². The van der Waals surface area contributed by atoms with E-state index >= 15 is 0 Å². The number of hydrogen-bond donors (Lipinski definition) is 0. The zero-order valence-electron chi connectivity index (χ0n) is 9.49. The van der Waals surface area contributed by atoms with E-state index in [4.69, 9.17) is 9.47 Å². The molecule has 2 rings (SSSR count). The number of methoxy groups -OCH3 is 1. The lowest BCUT2D eigenvalue weighted by Gasteiger charge is -2.39. The van der Waals surface area contributed by atoms with Gasteiger partial charge in [-0.1, -0.05) is 0 Å². The highest BCUT2D eigenvalue weighted by Gasteiger charge is 2.48. The molecule has 0 aromatic rings. The van der Waals surface area contributed by atoms with E-state index in [1.54, 1.807) is 0 Å². The van der Waals surface area contributed by atoms with Gasteiger partial charge in [0.25, 0.3) is 0 Å². The zero-order chi connectivity index (χ0) is 10.9. The summed E-state index contributed by atoms with van der Waals surface area (Å²) < 4.78 is 10.7. The first-order chi connectivity index (χ1) is 7.18. The van der Waals surface area contributed by atoms with Crippen molar-refractivity contribution in [3.05, 3.63) is 0 Å². The Balaban J connectivity index is 2.05. The quantitative estimate of drug-likeness (QED) is 0.609. The van der Waals surface area contributed by atoms with Crippen molar-refractivity contribution in [3.8, 4) is 0 Å². The fourth-order valence-electron chi connectivity index (χ4n) is 2.73. The van der Waals surface area contributed by atoms with Gasteiger partial charge in [0, 0.05) is 19.6 Å². The number of carbonyl (C=O) groups is 1. The summed E-state index contributed by atoms with van der Waals surface area (Å²) in [7, 11) is 3.49. The molecule has 0 N–H and O–H groups in total. The van der Waals surface area contributed by atoms with Gasteiger partial charge in [0.1, 0.15) is 5.72 Å². The summed E-state index contributed by atoms with van der Waals surface area (Å²) in [5.41, 5.74) is -0.183. The van der Waals surface area contributed by atoms with Crippen LogP contribution in [0.5, 0.6) is 0 Å². The predicted octanol–water partition coefficient (Wildman–Crippen LogP) is 1.01. The first-order valence-electron chi connectivity index (χ1n) is 5.61. The molecule has 2 fully saturated rings. The molecule has 2 aliphatic heterocycles. The summed E-state index contributed by atoms with van der Waals surface area (Å²) >= 11 is 0. The summed E-state index contributed by atoms with van der Waals surface area (Å²) in [6.07, 6.45) is 4.16. The Labute approximate surface area is 90.5 Å². The third-order valence-corrected chi connectivity index (χ3v) is 3.62. The van der Waals surface area contributed by atoms with Crippen LogP contribution in [0.4, 0.5) is 0 Å². The molecule has 2 heterocycles. The summed E-state index contributed by atoms with van der Waals surface area (Å²) in [5.74, 6) is -0.119. The van der Waals surface area contributed by atoms with Crippen molar-refractivity contribution < 1.29 is 14.3 Å². The molecule has 0 bridgehead atoms. The lowest BCUT2D eigenvalue weighted by Crippen LogP contribution is -2.46. The average molecular weight is 213 g/mol. The number of esters is 1. The van der Waals surface area contributed by atoms with Gasteiger partial charge >= 0.3 is 5.97 Å². The smallest absolute Gasteiger partial charge is 0.310 e. The van der Waals surface area contributed by atoms with Crippen LogP contribution in [-0.2, 0) is 14.3 Å². The van der Waals surface area contributed by atoms with Crippen molar-refractivity contribution in [1.82, 2.24) is 4.90 Å². The number of nitrogens with zero attached hydrogens (tertiary/aromatic N) is 1. The molecule has 2 saturated heterocycles. The third kappa shape index (κ3) is 1.88. The summed E-state index contributed by atoms with van der Waals surface area (Å²) in [5, 5.41) is 0. The molecule has 86 valence electrons. The summed E-state index contributed by atoms with van der Waals surface area (Å²) in [4.78, 5) is 13.7. The minimum Gasteiger partial charge on any atom is -0.469 e. The first-order valence-corrected chi connectivity index (χ1v) is 5.61. The monoisotopic (exact) mass is 213 g/mol. The molecule has 15 heavy (non-hydrogen) atoms. The van der Waals surface area contributed by atoms with Crippen LogP contribution >= 0.6 is 0 Å². The van der Waals surface area contributed by atoms with Crippen LogP contribution in [-0.4, -0.2) is 43.9 Å². The lowest BCUT2D eigenvalue weighted by molar-refractivity contribution is -0.155. The second kappa shape index (κ2) is 4.10. The molecule has 2 aliphatic rings. The third-order valence-electron chi connectivity index (χ3n) is 3.62. The van der Waals surface area contributed by atoms with E-state index in [9.17, 15) is 4.79 Å². The van der Waals surface area contributed by atoms with E-state index in [1.807, 2.05) is 7.05 Å². The number of carbonyl (C=O) groups excluding carboxylic acids is 1. The average Bonchev–Trinajstić information content (AvgIpc) is 2.57. The van der Waals surface area contributed by atoms with Crippen LogP contribution in [0.1, 0.15) is 25.7 Å². The van der Waals surface area contributed by atoms with Crippen molar-refractivity contribution in [3.63, 3.8) is 0 Å². The minimum atomic E-state index is -0.183. The predicted molar refractivity (Wildman–Crippen MR) is 55.3 cm³/mol. The SMILES string of the molecule is COC(=O)C1CN(C)[C@]2(CCCCO2)C1. The van der Waals surface area contributed by atoms with E-state index in [-0.39, 0.29) is 17.6 Å². The summed E-state index contributed by atoms with van der Waals surface area (Å²) in [6.45, 7) is 1.57. The van der Waals surface area contributed by atoms with Crippen LogP contribution < -0.4 is 0 Å². The number of rotatable bonds is 1. The standard InChI is InChI=1S/C11H19NO3/c1-12-8-9(10(13)14-2)7-11(12)5-3-4-6-15-11/h9H,3-8H2,1-2H3/t9?,11-/m0/s1. The van der Waals surface area contributed by atoms with Crippen molar-refractivity contribution in [2.45, 2.75) is 31.4 Å². The summed E-state index contributed by atoms with van der Waals surface area (Å²) in [6, 6.07) is 0. The molecular weight excluding hydrogens is 194 g/mol. The van der Waals surface area contributed by atoms with Crippen LogP contribution in [0.15, 0.2) is 0 Å². The maximum Gasteiger partial charge on any atom is 0.310 e. The molecule has 4 heteroatoms. The molecule has 0 aromatic heterocycles. The number of likely N-dealkylation sites (tertiary alicyclic amines) is 1. The Kier molecular flexibility index (Phi) is 2.98. The van der Waals surface area contributed by atoms with Gasteiger partial charge in [-0.05, 0) is 26.3 Å². The Hall–Kier alpha value is -0.610. The molecule has 0 aliphatic carbocycles. The maximum absolute atomic E-state index is 11.5.